The first-order valence-corrected chi connectivity index (χ1v) is 7.00. The molecule has 0 aromatic carbocycles. The third kappa shape index (κ3) is 5.09. The number of piperidine rings is 1. The Morgan fingerprint density at radius 2 is 2.32 bits per heavy atom. The molecule has 0 bridgehead atoms. The lowest BCUT2D eigenvalue weighted by molar-refractivity contribution is 0.149. The fraction of sp³-hybridized carbons (Fsp3) is 0.846. The summed E-state index contributed by atoms with van der Waals surface area (Å²) in [4.78, 5) is 6.86. The van der Waals surface area contributed by atoms with Gasteiger partial charge in [-0.15, -0.1) is 12.4 Å². The number of aromatic nitrogens is 2. The molecular weight excluding hydrogens is 264 g/mol. The van der Waals surface area contributed by atoms with Crippen molar-refractivity contribution in [2.45, 2.75) is 39.2 Å². The molecular formula is C13H25ClN4O. The summed E-state index contributed by atoms with van der Waals surface area (Å²) in [5.41, 5.74) is 0. The molecule has 1 aliphatic rings. The first-order valence-electron chi connectivity index (χ1n) is 7.00. The first kappa shape index (κ1) is 16.4. The van der Waals surface area contributed by atoms with E-state index < -0.39 is 0 Å². The van der Waals surface area contributed by atoms with Crippen molar-refractivity contribution < 1.29 is 4.52 Å². The van der Waals surface area contributed by atoms with Gasteiger partial charge in [0, 0.05) is 13.0 Å². The van der Waals surface area contributed by atoms with Gasteiger partial charge in [0.25, 0.3) is 0 Å². The van der Waals surface area contributed by atoms with Gasteiger partial charge in [0.05, 0.1) is 6.54 Å². The van der Waals surface area contributed by atoms with Crippen LogP contribution in [0.2, 0.25) is 0 Å². The highest BCUT2D eigenvalue weighted by atomic mass is 35.5. The van der Waals surface area contributed by atoms with Gasteiger partial charge < -0.3 is 9.84 Å². The van der Waals surface area contributed by atoms with E-state index in [1.165, 1.54) is 12.8 Å². The molecule has 0 aliphatic carbocycles. The molecule has 2 rings (SSSR count). The smallest absolute Gasteiger partial charge is 0.240 e. The lowest BCUT2D eigenvalue weighted by Gasteiger charge is -2.31. The molecule has 5 nitrogen and oxygen atoms in total. The molecule has 1 saturated heterocycles. The second kappa shape index (κ2) is 8.51. The van der Waals surface area contributed by atoms with Crippen LogP contribution in [0.3, 0.4) is 0 Å². The van der Waals surface area contributed by atoms with E-state index in [1.807, 2.05) is 7.05 Å². The number of rotatable bonds is 6. The molecule has 0 spiro atoms. The summed E-state index contributed by atoms with van der Waals surface area (Å²) in [5, 5.41) is 7.27. The number of nitrogens with zero attached hydrogens (tertiary/aromatic N) is 3. The average molecular weight is 289 g/mol. The third-order valence-corrected chi connectivity index (χ3v) is 3.44. The first-order chi connectivity index (χ1) is 8.81. The summed E-state index contributed by atoms with van der Waals surface area (Å²) in [7, 11) is 2.02. The molecule has 1 aromatic rings. The minimum atomic E-state index is 0. The molecule has 2 heterocycles. The molecule has 0 radical (unpaired) electrons. The zero-order valence-electron chi connectivity index (χ0n) is 11.9. The van der Waals surface area contributed by atoms with Crippen molar-refractivity contribution in [3.05, 3.63) is 11.7 Å². The summed E-state index contributed by atoms with van der Waals surface area (Å²) >= 11 is 0. The van der Waals surface area contributed by atoms with E-state index >= 15 is 0 Å². The van der Waals surface area contributed by atoms with E-state index in [9.17, 15) is 0 Å². The Kier molecular flexibility index (Phi) is 7.34. The van der Waals surface area contributed by atoms with Crippen molar-refractivity contribution in [2.24, 2.45) is 5.92 Å². The summed E-state index contributed by atoms with van der Waals surface area (Å²) in [6, 6.07) is 0. The quantitative estimate of drug-likeness (QED) is 0.866. The zero-order valence-corrected chi connectivity index (χ0v) is 12.7. The van der Waals surface area contributed by atoms with E-state index in [1.54, 1.807) is 0 Å². The number of hydrogen-bond donors (Lipinski definition) is 1. The highest BCUT2D eigenvalue weighted by Crippen LogP contribution is 2.17. The van der Waals surface area contributed by atoms with Gasteiger partial charge in [-0.05, 0) is 45.3 Å². The second-order valence-corrected chi connectivity index (χ2v) is 5.16. The molecule has 1 aliphatic heterocycles. The van der Waals surface area contributed by atoms with Crippen molar-refractivity contribution in [1.29, 1.82) is 0 Å². The van der Waals surface area contributed by atoms with Crippen LogP contribution >= 0.6 is 12.4 Å². The predicted molar refractivity (Wildman–Crippen MR) is 77.5 cm³/mol. The Bertz CT molecular complexity index is 356. The van der Waals surface area contributed by atoms with Gasteiger partial charge in [-0.3, -0.25) is 4.90 Å². The Morgan fingerprint density at radius 1 is 1.47 bits per heavy atom. The maximum atomic E-state index is 5.30. The van der Waals surface area contributed by atoms with Gasteiger partial charge >= 0.3 is 0 Å². The van der Waals surface area contributed by atoms with Gasteiger partial charge in [0.1, 0.15) is 0 Å². The Hall–Kier alpha value is -0.650. The van der Waals surface area contributed by atoms with Crippen LogP contribution in [0.25, 0.3) is 0 Å². The van der Waals surface area contributed by atoms with Crippen LogP contribution in [-0.4, -0.2) is 41.7 Å². The molecule has 1 fully saturated rings. The predicted octanol–water partition coefficient (Wildman–Crippen LogP) is 1.88. The van der Waals surface area contributed by atoms with Gasteiger partial charge in [-0.2, -0.15) is 4.98 Å². The van der Waals surface area contributed by atoms with Crippen LogP contribution < -0.4 is 5.32 Å². The van der Waals surface area contributed by atoms with Crippen LogP contribution in [0.1, 0.15) is 37.9 Å². The van der Waals surface area contributed by atoms with Crippen molar-refractivity contribution in [1.82, 2.24) is 20.4 Å². The number of halogens is 1. The van der Waals surface area contributed by atoms with Gasteiger partial charge in [-0.25, -0.2) is 0 Å². The van der Waals surface area contributed by atoms with Crippen LogP contribution in [0, 0.1) is 5.92 Å². The minimum absolute atomic E-state index is 0. The average Bonchev–Trinajstić information content (AvgIpc) is 2.78. The SMILES string of the molecule is CCCc1noc(CN2CCCC(CNC)C2)n1.Cl. The topological polar surface area (TPSA) is 54.2 Å². The molecule has 110 valence electrons. The van der Waals surface area contributed by atoms with Crippen molar-refractivity contribution in [3.8, 4) is 0 Å². The summed E-state index contributed by atoms with van der Waals surface area (Å²) in [6.45, 7) is 6.30. The lowest BCUT2D eigenvalue weighted by atomic mass is 9.98. The number of aryl methyl sites for hydroxylation is 1. The second-order valence-electron chi connectivity index (χ2n) is 5.16. The van der Waals surface area contributed by atoms with Crippen molar-refractivity contribution >= 4 is 12.4 Å². The Morgan fingerprint density at radius 3 is 3.05 bits per heavy atom. The van der Waals surface area contributed by atoms with Gasteiger partial charge in [0.2, 0.25) is 5.89 Å². The zero-order chi connectivity index (χ0) is 12.8. The van der Waals surface area contributed by atoms with Crippen molar-refractivity contribution in [2.75, 3.05) is 26.7 Å². The highest BCUT2D eigenvalue weighted by Gasteiger charge is 2.21. The molecule has 6 heteroatoms. The number of nitrogens with one attached hydrogen (secondary N) is 1. The van der Waals surface area contributed by atoms with Crippen molar-refractivity contribution in [3.63, 3.8) is 0 Å². The van der Waals surface area contributed by atoms with E-state index in [0.717, 1.165) is 56.7 Å². The molecule has 19 heavy (non-hydrogen) atoms. The van der Waals surface area contributed by atoms with E-state index in [4.69, 9.17) is 4.52 Å². The standard InChI is InChI=1S/C13H24N4O.ClH/c1-3-5-12-15-13(18-16-12)10-17-7-4-6-11(9-17)8-14-2;/h11,14H,3-10H2,1-2H3;1H. The lowest BCUT2D eigenvalue weighted by Crippen LogP contribution is -2.38. The third-order valence-electron chi connectivity index (χ3n) is 3.44. The highest BCUT2D eigenvalue weighted by molar-refractivity contribution is 5.85. The molecule has 0 amide bonds. The van der Waals surface area contributed by atoms with Crippen LogP contribution in [-0.2, 0) is 13.0 Å². The van der Waals surface area contributed by atoms with E-state index in [2.05, 4.69) is 27.3 Å². The minimum Gasteiger partial charge on any atom is -0.338 e. The molecule has 1 unspecified atom stereocenters. The maximum Gasteiger partial charge on any atom is 0.240 e. The largest absolute Gasteiger partial charge is 0.338 e. The molecule has 1 N–H and O–H groups in total. The van der Waals surface area contributed by atoms with E-state index in [-0.39, 0.29) is 12.4 Å². The van der Waals surface area contributed by atoms with Crippen LogP contribution in [0.4, 0.5) is 0 Å². The van der Waals surface area contributed by atoms with Gasteiger partial charge in [-0.1, -0.05) is 12.1 Å². The fourth-order valence-corrected chi connectivity index (χ4v) is 2.62. The molecule has 0 saturated carbocycles. The monoisotopic (exact) mass is 288 g/mol. The summed E-state index contributed by atoms with van der Waals surface area (Å²) in [5.74, 6) is 2.36. The van der Waals surface area contributed by atoms with Crippen LogP contribution in [0.15, 0.2) is 4.52 Å². The maximum absolute atomic E-state index is 5.30. The Balaban J connectivity index is 0.00000180. The number of likely N-dealkylation sites (tertiary alicyclic amines) is 1. The summed E-state index contributed by atoms with van der Waals surface area (Å²) in [6.07, 6.45) is 4.56. The van der Waals surface area contributed by atoms with E-state index in [0.29, 0.717) is 0 Å². The fourth-order valence-electron chi connectivity index (χ4n) is 2.62. The number of hydrogen-bond acceptors (Lipinski definition) is 5. The molecule has 1 aromatic heterocycles. The normalized spacial score (nSPS) is 20.2. The summed E-state index contributed by atoms with van der Waals surface area (Å²) < 4.78 is 5.30. The Labute approximate surface area is 121 Å². The van der Waals surface area contributed by atoms with Gasteiger partial charge in [0.15, 0.2) is 5.82 Å². The van der Waals surface area contributed by atoms with Crippen LogP contribution in [0.5, 0.6) is 0 Å². The molecule has 1 atom stereocenters.